The van der Waals surface area contributed by atoms with E-state index in [9.17, 15) is 14.0 Å². The second kappa shape index (κ2) is 8.68. The van der Waals surface area contributed by atoms with Crippen molar-refractivity contribution in [3.8, 4) is 5.75 Å². The third-order valence-corrected chi connectivity index (χ3v) is 5.73. The predicted octanol–water partition coefficient (Wildman–Crippen LogP) is 2.83. The lowest BCUT2D eigenvalue weighted by atomic mass is 10.2. The summed E-state index contributed by atoms with van der Waals surface area (Å²) in [4.78, 5) is 28.4. The molecule has 31 heavy (non-hydrogen) atoms. The smallest absolute Gasteiger partial charge is 0.276 e. The number of carbonyl (C=O) groups is 2. The second-order valence-electron chi connectivity index (χ2n) is 6.81. The highest BCUT2D eigenvalue weighted by molar-refractivity contribution is 8.14. The molecule has 2 heterocycles. The van der Waals surface area contributed by atoms with Gasteiger partial charge in [-0.2, -0.15) is 5.10 Å². The number of para-hydroxylation sites is 2. The number of ether oxygens (including phenoxy) is 1. The number of anilines is 2. The number of carbonyl (C=O) groups excluding carboxylic acids is 2. The summed E-state index contributed by atoms with van der Waals surface area (Å²) in [5.41, 5.74) is 4.33. The molecular weight excluding hydrogens is 421 g/mol. The number of nitrogens with zero attached hydrogens (tertiary/aromatic N) is 3. The molecule has 1 unspecified atom stereocenters. The molecule has 0 bridgehead atoms. The first kappa shape index (κ1) is 20.7. The first-order chi connectivity index (χ1) is 15.0. The van der Waals surface area contributed by atoms with Crippen LogP contribution >= 0.6 is 11.8 Å². The Bertz CT molecular complexity index is 1090. The molecule has 2 aliphatic heterocycles. The van der Waals surface area contributed by atoms with E-state index in [1.165, 1.54) is 22.7 Å². The molecule has 0 saturated carbocycles. The number of fused-ring (bicyclic) bond motifs is 1. The molecular formula is C21H20FN5O3S. The number of halogens is 1. The number of hydrazone groups is 1. The first-order valence-corrected chi connectivity index (χ1v) is 10.4. The Kier molecular flexibility index (Phi) is 5.81. The summed E-state index contributed by atoms with van der Waals surface area (Å²) in [6, 6.07) is 11.7. The minimum atomic E-state index is -0.716. The van der Waals surface area contributed by atoms with E-state index in [0.29, 0.717) is 27.9 Å². The average molecular weight is 441 g/mol. The van der Waals surface area contributed by atoms with E-state index in [4.69, 9.17) is 4.74 Å². The van der Waals surface area contributed by atoms with Crippen LogP contribution in [0.15, 0.2) is 60.0 Å². The topological polar surface area (TPSA) is 86.3 Å². The third kappa shape index (κ3) is 4.19. The van der Waals surface area contributed by atoms with Gasteiger partial charge in [-0.15, -0.1) is 0 Å². The van der Waals surface area contributed by atoms with Crippen LogP contribution in [0.1, 0.15) is 5.56 Å². The third-order valence-electron chi connectivity index (χ3n) is 4.76. The Labute approximate surface area is 182 Å². The molecule has 10 heteroatoms. The van der Waals surface area contributed by atoms with Crippen molar-refractivity contribution in [2.24, 2.45) is 5.10 Å². The molecule has 2 aromatic carbocycles. The lowest BCUT2D eigenvalue weighted by Crippen LogP contribution is -2.52. The highest BCUT2D eigenvalue weighted by atomic mass is 32.2. The summed E-state index contributed by atoms with van der Waals surface area (Å²) >= 11 is 1.17. The van der Waals surface area contributed by atoms with E-state index in [0.717, 1.165) is 0 Å². The van der Waals surface area contributed by atoms with Crippen LogP contribution in [0.25, 0.3) is 0 Å². The van der Waals surface area contributed by atoms with Gasteiger partial charge in [-0.3, -0.25) is 24.8 Å². The van der Waals surface area contributed by atoms with Gasteiger partial charge in [-0.25, -0.2) is 4.39 Å². The molecule has 2 aliphatic rings. The first-order valence-electron chi connectivity index (χ1n) is 9.42. The summed E-state index contributed by atoms with van der Waals surface area (Å²) in [6.07, 6.45) is 2.64. The largest absolute Gasteiger partial charge is 0.495 e. The van der Waals surface area contributed by atoms with Crippen molar-refractivity contribution in [3.63, 3.8) is 0 Å². The van der Waals surface area contributed by atoms with Crippen LogP contribution in [0, 0.1) is 12.7 Å². The zero-order chi connectivity index (χ0) is 22.0. The molecule has 0 spiro atoms. The monoisotopic (exact) mass is 441 g/mol. The number of rotatable bonds is 5. The summed E-state index contributed by atoms with van der Waals surface area (Å²) in [5.74, 6) is -0.286. The van der Waals surface area contributed by atoms with E-state index in [1.54, 1.807) is 55.6 Å². The standard InChI is InChI=1S/C21H20FN5O3S/c1-13-7-8-14(11-15(13)22)23-18(28)12-31-21-25-24-19-20(29)26(9-10-27(19)21)16-5-3-4-6-17(16)30-2/h3-11,19,24H,12H2,1-2H3,(H,23,28). The maximum absolute atomic E-state index is 13.6. The van der Waals surface area contributed by atoms with Crippen molar-refractivity contribution in [2.45, 2.75) is 13.1 Å². The van der Waals surface area contributed by atoms with Gasteiger partial charge in [0.05, 0.1) is 18.6 Å². The highest BCUT2D eigenvalue weighted by Crippen LogP contribution is 2.32. The Balaban J connectivity index is 1.39. The van der Waals surface area contributed by atoms with Gasteiger partial charge in [-0.05, 0) is 36.8 Å². The van der Waals surface area contributed by atoms with Gasteiger partial charge in [0.2, 0.25) is 12.1 Å². The van der Waals surface area contributed by atoms with Gasteiger partial charge < -0.3 is 10.1 Å². The quantitative estimate of drug-likeness (QED) is 0.742. The van der Waals surface area contributed by atoms with Crippen molar-refractivity contribution >= 4 is 40.1 Å². The predicted molar refractivity (Wildman–Crippen MR) is 118 cm³/mol. The van der Waals surface area contributed by atoms with Gasteiger partial charge in [0.25, 0.3) is 5.91 Å². The lowest BCUT2D eigenvalue weighted by molar-refractivity contribution is -0.122. The molecule has 0 aliphatic carbocycles. The van der Waals surface area contributed by atoms with Crippen LogP contribution in [0.4, 0.5) is 15.8 Å². The number of hydrogen-bond acceptors (Lipinski definition) is 7. The molecule has 2 aromatic rings. The van der Waals surface area contributed by atoms with Crippen molar-refractivity contribution in [1.82, 2.24) is 10.3 Å². The molecule has 0 aromatic heterocycles. The highest BCUT2D eigenvalue weighted by Gasteiger charge is 2.39. The zero-order valence-corrected chi connectivity index (χ0v) is 17.6. The number of amidine groups is 1. The minimum absolute atomic E-state index is 0.0531. The van der Waals surface area contributed by atoms with Crippen LogP contribution in [0.3, 0.4) is 0 Å². The Morgan fingerprint density at radius 2 is 2.10 bits per heavy atom. The number of benzene rings is 2. The fourth-order valence-electron chi connectivity index (χ4n) is 3.15. The molecule has 0 radical (unpaired) electrons. The summed E-state index contributed by atoms with van der Waals surface area (Å²) in [7, 11) is 1.55. The molecule has 2 amide bonds. The van der Waals surface area contributed by atoms with Crippen LogP contribution in [-0.2, 0) is 9.59 Å². The van der Waals surface area contributed by atoms with E-state index < -0.39 is 6.17 Å². The van der Waals surface area contributed by atoms with Crippen molar-refractivity contribution in [3.05, 3.63) is 66.2 Å². The van der Waals surface area contributed by atoms with Crippen LogP contribution in [0.5, 0.6) is 5.75 Å². The summed E-state index contributed by atoms with van der Waals surface area (Å²) in [5, 5.41) is 7.33. The lowest BCUT2D eigenvalue weighted by Gasteiger charge is -2.32. The summed E-state index contributed by atoms with van der Waals surface area (Å²) < 4.78 is 19.0. The van der Waals surface area contributed by atoms with Crippen molar-refractivity contribution in [2.75, 3.05) is 23.1 Å². The maximum atomic E-state index is 13.6. The average Bonchev–Trinajstić information content (AvgIpc) is 3.19. The van der Waals surface area contributed by atoms with Gasteiger partial charge in [0, 0.05) is 18.1 Å². The Morgan fingerprint density at radius 1 is 1.29 bits per heavy atom. The van der Waals surface area contributed by atoms with E-state index in [2.05, 4.69) is 15.8 Å². The molecule has 8 nitrogen and oxygen atoms in total. The molecule has 1 atom stereocenters. The number of methoxy groups -OCH3 is 1. The number of amides is 2. The fraction of sp³-hybridized carbons (Fsp3) is 0.190. The summed E-state index contributed by atoms with van der Waals surface area (Å²) in [6.45, 7) is 1.65. The van der Waals surface area contributed by atoms with Gasteiger partial charge >= 0.3 is 0 Å². The zero-order valence-electron chi connectivity index (χ0n) is 16.8. The second-order valence-corrected chi connectivity index (χ2v) is 7.75. The minimum Gasteiger partial charge on any atom is -0.495 e. The van der Waals surface area contributed by atoms with E-state index >= 15 is 0 Å². The van der Waals surface area contributed by atoms with Gasteiger partial charge in [0.1, 0.15) is 11.6 Å². The number of hydrogen-bond donors (Lipinski definition) is 2. The molecule has 160 valence electrons. The number of aryl methyl sites for hydroxylation is 1. The van der Waals surface area contributed by atoms with Gasteiger partial charge in [-0.1, -0.05) is 30.0 Å². The number of nitrogens with one attached hydrogen (secondary N) is 2. The van der Waals surface area contributed by atoms with Gasteiger partial charge in [0.15, 0.2) is 5.17 Å². The molecule has 0 fully saturated rings. The molecule has 4 rings (SSSR count). The Morgan fingerprint density at radius 3 is 2.87 bits per heavy atom. The SMILES string of the molecule is COc1ccccc1N1C=CN2C(SCC(=O)Nc3ccc(C)c(F)c3)=NNC2C1=O. The molecule has 0 saturated heterocycles. The van der Waals surface area contributed by atoms with E-state index in [-0.39, 0.29) is 23.4 Å². The van der Waals surface area contributed by atoms with Crippen LogP contribution in [-0.4, -0.2) is 40.9 Å². The normalized spacial score (nSPS) is 17.2. The Hall–Kier alpha value is -3.53. The number of thioether (sulfide) groups is 1. The fourth-order valence-corrected chi connectivity index (χ4v) is 3.91. The van der Waals surface area contributed by atoms with Crippen molar-refractivity contribution in [1.29, 1.82) is 0 Å². The van der Waals surface area contributed by atoms with Crippen LogP contribution in [0.2, 0.25) is 0 Å². The van der Waals surface area contributed by atoms with Crippen molar-refractivity contribution < 1.29 is 18.7 Å². The molecule has 2 N–H and O–H groups in total. The maximum Gasteiger partial charge on any atom is 0.276 e. The van der Waals surface area contributed by atoms with E-state index in [1.807, 2.05) is 12.1 Å². The van der Waals surface area contributed by atoms with Crippen LogP contribution < -0.4 is 20.4 Å².